The van der Waals surface area contributed by atoms with Gasteiger partial charge in [-0.2, -0.15) is 5.10 Å². The Hall–Kier alpha value is -2.93. The summed E-state index contributed by atoms with van der Waals surface area (Å²) in [4.78, 5) is 5.04. The van der Waals surface area contributed by atoms with Crippen molar-refractivity contribution in [2.45, 2.75) is 13.8 Å². The quantitative estimate of drug-likeness (QED) is 0.682. The number of hydrogen-bond donors (Lipinski definition) is 2. The Bertz CT molecular complexity index is 1040. The van der Waals surface area contributed by atoms with Crippen molar-refractivity contribution in [3.63, 3.8) is 0 Å². The number of rotatable bonds is 4. The number of phenols is 2. The molecule has 3 aromatic rings. The van der Waals surface area contributed by atoms with E-state index in [1.807, 2.05) is 6.92 Å². The van der Waals surface area contributed by atoms with E-state index >= 15 is 0 Å². The monoisotopic (exact) mass is 371 g/mol. The third-order valence-electron chi connectivity index (χ3n) is 3.75. The summed E-state index contributed by atoms with van der Waals surface area (Å²) in [5.41, 5.74) is 1.99. The summed E-state index contributed by atoms with van der Waals surface area (Å²) < 4.78 is 15.8. The Morgan fingerprint density at radius 2 is 1.96 bits per heavy atom. The molecule has 0 aliphatic heterocycles. The number of thiazole rings is 1. The number of halogens is 1. The summed E-state index contributed by atoms with van der Waals surface area (Å²) in [7, 11) is 0. The number of benzene rings is 2. The molecule has 2 aromatic carbocycles. The summed E-state index contributed by atoms with van der Waals surface area (Å²) in [6.07, 6.45) is 0. The zero-order valence-electron chi connectivity index (χ0n) is 14.3. The molecule has 0 saturated heterocycles. The lowest BCUT2D eigenvalue weighted by Crippen LogP contribution is -2.14. The Morgan fingerprint density at radius 3 is 2.65 bits per heavy atom. The SMILES string of the molecule is CCN=c1scc(-c2ccccc2F)n1N=C(C)c1ccc(O)cc1O. The van der Waals surface area contributed by atoms with Crippen LogP contribution in [0.2, 0.25) is 0 Å². The minimum absolute atomic E-state index is 0.0315. The molecule has 1 heterocycles. The average Bonchev–Trinajstić information content (AvgIpc) is 2.98. The van der Waals surface area contributed by atoms with Crippen LogP contribution in [-0.4, -0.2) is 27.1 Å². The summed E-state index contributed by atoms with van der Waals surface area (Å²) >= 11 is 1.37. The maximum absolute atomic E-state index is 14.3. The number of aromatic nitrogens is 1. The number of phenolic OH excluding ortho intramolecular Hbond substituents is 2. The van der Waals surface area contributed by atoms with Gasteiger partial charge in [0.1, 0.15) is 17.3 Å². The van der Waals surface area contributed by atoms with Crippen LogP contribution in [0.4, 0.5) is 4.39 Å². The van der Waals surface area contributed by atoms with Gasteiger partial charge in [-0.3, -0.25) is 4.99 Å². The maximum atomic E-state index is 14.3. The Labute approximate surface area is 154 Å². The largest absolute Gasteiger partial charge is 0.508 e. The average molecular weight is 371 g/mol. The Kier molecular flexibility index (Phi) is 5.18. The van der Waals surface area contributed by atoms with E-state index < -0.39 is 0 Å². The fraction of sp³-hybridized carbons (Fsp3) is 0.158. The first-order chi connectivity index (χ1) is 12.5. The van der Waals surface area contributed by atoms with Gasteiger partial charge >= 0.3 is 0 Å². The molecule has 0 aliphatic rings. The fourth-order valence-electron chi connectivity index (χ4n) is 2.52. The zero-order chi connectivity index (χ0) is 18.7. The van der Waals surface area contributed by atoms with Gasteiger partial charge in [-0.25, -0.2) is 9.07 Å². The van der Waals surface area contributed by atoms with E-state index in [-0.39, 0.29) is 17.3 Å². The van der Waals surface area contributed by atoms with E-state index in [1.165, 1.54) is 29.5 Å². The molecule has 2 N–H and O–H groups in total. The molecular weight excluding hydrogens is 353 g/mol. The summed E-state index contributed by atoms with van der Waals surface area (Å²) in [6.45, 7) is 4.21. The second-order valence-corrected chi connectivity index (χ2v) is 6.39. The number of aromatic hydroxyl groups is 2. The van der Waals surface area contributed by atoms with Gasteiger partial charge in [0, 0.05) is 29.1 Å². The van der Waals surface area contributed by atoms with Crippen molar-refractivity contribution < 1.29 is 14.6 Å². The van der Waals surface area contributed by atoms with Crippen molar-refractivity contribution in [3.05, 3.63) is 64.0 Å². The topological polar surface area (TPSA) is 70.1 Å². The molecule has 134 valence electrons. The highest BCUT2D eigenvalue weighted by atomic mass is 32.1. The van der Waals surface area contributed by atoms with Gasteiger partial charge in [-0.15, -0.1) is 11.3 Å². The summed E-state index contributed by atoms with van der Waals surface area (Å²) in [5.74, 6) is -0.457. The highest BCUT2D eigenvalue weighted by Gasteiger charge is 2.13. The molecule has 1 aromatic heterocycles. The second kappa shape index (κ2) is 7.53. The molecule has 5 nitrogen and oxygen atoms in total. The molecule has 0 radical (unpaired) electrons. The first kappa shape index (κ1) is 17.9. The lowest BCUT2D eigenvalue weighted by atomic mass is 10.1. The van der Waals surface area contributed by atoms with Crippen LogP contribution in [-0.2, 0) is 0 Å². The molecule has 3 rings (SSSR count). The maximum Gasteiger partial charge on any atom is 0.206 e. The molecule has 0 amide bonds. The van der Waals surface area contributed by atoms with Crippen LogP contribution in [0, 0.1) is 5.82 Å². The summed E-state index contributed by atoms with van der Waals surface area (Å²) in [5, 5.41) is 25.9. The van der Waals surface area contributed by atoms with Gasteiger partial charge < -0.3 is 10.2 Å². The smallest absolute Gasteiger partial charge is 0.206 e. The highest BCUT2D eigenvalue weighted by Crippen LogP contribution is 2.25. The van der Waals surface area contributed by atoms with Gasteiger partial charge in [0.2, 0.25) is 4.80 Å². The van der Waals surface area contributed by atoms with Gasteiger partial charge in [0.05, 0.1) is 11.4 Å². The number of hydrogen-bond acceptors (Lipinski definition) is 5. The van der Waals surface area contributed by atoms with Crippen LogP contribution >= 0.6 is 11.3 Å². The number of nitrogens with zero attached hydrogens (tertiary/aromatic N) is 3. The van der Waals surface area contributed by atoms with Crippen molar-refractivity contribution in [3.8, 4) is 22.8 Å². The molecular formula is C19H18FN3O2S. The van der Waals surface area contributed by atoms with Crippen LogP contribution in [0.1, 0.15) is 19.4 Å². The van der Waals surface area contributed by atoms with Crippen LogP contribution in [0.3, 0.4) is 0 Å². The first-order valence-electron chi connectivity index (χ1n) is 8.05. The third-order valence-corrected chi connectivity index (χ3v) is 4.60. The van der Waals surface area contributed by atoms with E-state index in [1.54, 1.807) is 41.2 Å². The van der Waals surface area contributed by atoms with E-state index in [0.29, 0.717) is 33.9 Å². The van der Waals surface area contributed by atoms with E-state index in [9.17, 15) is 14.6 Å². The van der Waals surface area contributed by atoms with Gasteiger partial charge in [0.15, 0.2) is 0 Å². The Morgan fingerprint density at radius 1 is 1.19 bits per heavy atom. The van der Waals surface area contributed by atoms with Crippen LogP contribution in [0.25, 0.3) is 11.3 Å². The van der Waals surface area contributed by atoms with Crippen LogP contribution in [0.15, 0.2) is 57.9 Å². The first-order valence-corrected chi connectivity index (χ1v) is 8.93. The molecule has 0 spiro atoms. The van der Waals surface area contributed by atoms with Crippen molar-refractivity contribution in [1.29, 1.82) is 0 Å². The highest BCUT2D eigenvalue weighted by molar-refractivity contribution is 7.07. The Balaban J connectivity index is 2.19. The van der Waals surface area contributed by atoms with Crippen molar-refractivity contribution >= 4 is 17.0 Å². The van der Waals surface area contributed by atoms with E-state index in [0.717, 1.165) is 0 Å². The van der Waals surface area contributed by atoms with Gasteiger partial charge in [-0.05, 0) is 38.1 Å². The molecule has 0 unspecified atom stereocenters. The van der Waals surface area contributed by atoms with Crippen molar-refractivity contribution in [2.24, 2.45) is 10.1 Å². The zero-order valence-corrected chi connectivity index (χ0v) is 15.2. The normalized spacial score (nSPS) is 12.6. The lowest BCUT2D eigenvalue weighted by molar-refractivity contribution is 0.450. The minimum Gasteiger partial charge on any atom is -0.508 e. The molecule has 0 atom stereocenters. The molecule has 7 heteroatoms. The fourth-order valence-corrected chi connectivity index (χ4v) is 3.41. The predicted octanol–water partition coefficient (Wildman–Crippen LogP) is 3.96. The minimum atomic E-state index is -0.345. The molecule has 26 heavy (non-hydrogen) atoms. The molecule has 0 saturated carbocycles. The third kappa shape index (κ3) is 3.52. The van der Waals surface area contributed by atoms with Crippen LogP contribution < -0.4 is 4.80 Å². The predicted molar refractivity (Wildman–Crippen MR) is 101 cm³/mol. The standard InChI is InChI=1S/C19H18FN3O2S/c1-3-21-19-23(17(11-26-19)15-6-4-5-7-16(15)20)22-12(2)14-9-8-13(24)10-18(14)25/h4-11,24-25H,3H2,1-2H3. The van der Waals surface area contributed by atoms with Gasteiger partial charge in [-0.1, -0.05) is 12.1 Å². The summed E-state index contributed by atoms with van der Waals surface area (Å²) in [6, 6.07) is 10.8. The second-order valence-electron chi connectivity index (χ2n) is 5.56. The molecule has 0 aliphatic carbocycles. The van der Waals surface area contributed by atoms with Crippen LogP contribution in [0.5, 0.6) is 11.5 Å². The van der Waals surface area contributed by atoms with Gasteiger partial charge in [0.25, 0.3) is 0 Å². The lowest BCUT2D eigenvalue weighted by Gasteiger charge is -2.08. The van der Waals surface area contributed by atoms with E-state index in [2.05, 4.69) is 10.1 Å². The molecule has 0 fully saturated rings. The van der Waals surface area contributed by atoms with Crippen molar-refractivity contribution in [2.75, 3.05) is 6.54 Å². The van der Waals surface area contributed by atoms with E-state index in [4.69, 9.17) is 0 Å². The molecule has 0 bridgehead atoms. The van der Waals surface area contributed by atoms with Crippen molar-refractivity contribution in [1.82, 2.24) is 4.68 Å².